The van der Waals surface area contributed by atoms with Crippen molar-refractivity contribution in [3.05, 3.63) is 77.0 Å². The Balaban J connectivity index is 1.54. The van der Waals surface area contributed by atoms with Crippen LogP contribution in [0.3, 0.4) is 0 Å². The summed E-state index contributed by atoms with van der Waals surface area (Å²) in [5.74, 6) is 1.88. The van der Waals surface area contributed by atoms with Gasteiger partial charge in [0.1, 0.15) is 17.1 Å². The molecule has 6 heteroatoms. The number of hydrogen-bond acceptors (Lipinski definition) is 4. The molecule has 3 aromatic rings. The maximum absolute atomic E-state index is 13.0. The molecule has 2 aromatic carbocycles. The minimum atomic E-state index is -0.126. The number of carbonyl (C=O) groups is 1. The standard InChI is InChI=1S/C26H32N4O2/c1-5-18-6-10-20(11-7-18)23-14-24(17(2)3)30-25(29-23)22(16-28-30)26(31)27-15-19-8-12-21(32-4)13-9-19/h6-13,16-17,23-24,29H,5,14-15H2,1-4H3,(H,27,31)/t23-,24+/m0/s1. The van der Waals surface area contributed by atoms with Crippen LogP contribution in [0, 0.1) is 5.92 Å². The number of aryl methyl sites for hydroxylation is 1. The quantitative estimate of drug-likeness (QED) is 0.543. The molecule has 0 aliphatic carbocycles. The molecule has 0 radical (unpaired) electrons. The fourth-order valence-corrected chi connectivity index (χ4v) is 4.27. The minimum Gasteiger partial charge on any atom is -0.497 e. The van der Waals surface area contributed by atoms with Crippen molar-refractivity contribution in [2.24, 2.45) is 5.92 Å². The second-order valence-electron chi connectivity index (χ2n) is 8.72. The zero-order valence-electron chi connectivity index (χ0n) is 19.3. The lowest BCUT2D eigenvalue weighted by molar-refractivity contribution is 0.0951. The molecular formula is C26H32N4O2. The Labute approximate surface area is 190 Å². The van der Waals surface area contributed by atoms with Gasteiger partial charge in [-0.2, -0.15) is 5.10 Å². The van der Waals surface area contributed by atoms with Gasteiger partial charge in [-0.15, -0.1) is 0 Å². The first kappa shape index (κ1) is 21.9. The molecule has 1 aromatic heterocycles. The van der Waals surface area contributed by atoms with Crippen molar-refractivity contribution in [1.82, 2.24) is 15.1 Å². The van der Waals surface area contributed by atoms with Crippen molar-refractivity contribution in [1.29, 1.82) is 0 Å². The Morgan fingerprint density at radius 3 is 2.47 bits per heavy atom. The zero-order valence-corrected chi connectivity index (χ0v) is 19.3. The van der Waals surface area contributed by atoms with Gasteiger partial charge in [0.15, 0.2) is 0 Å². The number of rotatable bonds is 7. The lowest BCUT2D eigenvalue weighted by Gasteiger charge is -2.35. The van der Waals surface area contributed by atoms with E-state index in [4.69, 9.17) is 4.74 Å². The normalized spacial score (nSPS) is 17.5. The average molecular weight is 433 g/mol. The van der Waals surface area contributed by atoms with E-state index in [1.165, 1.54) is 11.1 Å². The van der Waals surface area contributed by atoms with E-state index < -0.39 is 0 Å². The largest absolute Gasteiger partial charge is 0.497 e. The summed E-state index contributed by atoms with van der Waals surface area (Å²) >= 11 is 0. The van der Waals surface area contributed by atoms with Crippen molar-refractivity contribution < 1.29 is 9.53 Å². The van der Waals surface area contributed by atoms with Gasteiger partial charge in [0.2, 0.25) is 0 Å². The minimum absolute atomic E-state index is 0.126. The van der Waals surface area contributed by atoms with E-state index in [1.54, 1.807) is 13.3 Å². The van der Waals surface area contributed by atoms with E-state index in [0.29, 0.717) is 18.0 Å². The number of hydrogen-bond donors (Lipinski definition) is 2. The number of carbonyl (C=O) groups excluding carboxylic acids is 1. The highest BCUT2D eigenvalue weighted by molar-refractivity contribution is 5.98. The van der Waals surface area contributed by atoms with E-state index in [-0.39, 0.29) is 18.0 Å². The molecule has 0 unspecified atom stereocenters. The topological polar surface area (TPSA) is 68.2 Å². The number of methoxy groups -OCH3 is 1. The Bertz CT molecular complexity index is 1050. The van der Waals surface area contributed by atoms with Crippen LogP contribution in [-0.2, 0) is 13.0 Å². The summed E-state index contributed by atoms with van der Waals surface area (Å²) in [6, 6.07) is 16.8. The Morgan fingerprint density at radius 1 is 1.16 bits per heavy atom. The lowest BCUT2D eigenvalue weighted by Crippen LogP contribution is -2.31. The molecule has 0 spiro atoms. The maximum atomic E-state index is 13.0. The Kier molecular flexibility index (Phi) is 6.49. The van der Waals surface area contributed by atoms with E-state index >= 15 is 0 Å². The lowest BCUT2D eigenvalue weighted by atomic mass is 9.90. The number of aromatic nitrogens is 2. The molecule has 6 nitrogen and oxygen atoms in total. The fourth-order valence-electron chi connectivity index (χ4n) is 4.27. The summed E-state index contributed by atoms with van der Waals surface area (Å²) in [5.41, 5.74) is 4.17. The average Bonchev–Trinajstić information content (AvgIpc) is 3.26. The molecule has 0 fully saturated rings. The van der Waals surface area contributed by atoms with Gasteiger partial charge in [-0.1, -0.05) is 57.2 Å². The maximum Gasteiger partial charge on any atom is 0.256 e. The smallest absolute Gasteiger partial charge is 0.256 e. The summed E-state index contributed by atoms with van der Waals surface area (Å²) in [6.45, 7) is 7.03. The molecule has 2 heterocycles. The van der Waals surface area contributed by atoms with Crippen LogP contribution in [0.5, 0.6) is 5.75 Å². The second kappa shape index (κ2) is 9.47. The molecule has 2 N–H and O–H groups in total. The third-order valence-electron chi connectivity index (χ3n) is 6.31. The molecule has 168 valence electrons. The van der Waals surface area contributed by atoms with E-state index in [0.717, 1.165) is 30.0 Å². The van der Waals surface area contributed by atoms with Crippen LogP contribution in [0.15, 0.2) is 54.7 Å². The summed E-state index contributed by atoms with van der Waals surface area (Å²) in [4.78, 5) is 13.0. The predicted molar refractivity (Wildman–Crippen MR) is 127 cm³/mol. The van der Waals surface area contributed by atoms with Gasteiger partial charge in [0, 0.05) is 6.54 Å². The number of nitrogens with zero attached hydrogens (tertiary/aromatic N) is 2. The van der Waals surface area contributed by atoms with Crippen LogP contribution >= 0.6 is 0 Å². The molecule has 4 rings (SSSR count). The van der Waals surface area contributed by atoms with Gasteiger partial charge in [-0.25, -0.2) is 4.68 Å². The molecule has 0 saturated heterocycles. The number of nitrogens with one attached hydrogen (secondary N) is 2. The Hall–Kier alpha value is -3.28. The number of benzene rings is 2. The van der Waals surface area contributed by atoms with Crippen LogP contribution in [0.1, 0.15) is 66.3 Å². The number of ether oxygens (including phenoxy) is 1. The first-order valence-corrected chi connectivity index (χ1v) is 11.3. The van der Waals surface area contributed by atoms with E-state index in [9.17, 15) is 4.79 Å². The van der Waals surface area contributed by atoms with Crippen LogP contribution < -0.4 is 15.4 Å². The fraction of sp³-hybridized carbons (Fsp3) is 0.385. The molecule has 2 atom stereocenters. The number of fused-ring (bicyclic) bond motifs is 1. The molecule has 0 bridgehead atoms. The van der Waals surface area contributed by atoms with Crippen LogP contribution in [-0.4, -0.2) is 22.8 Å². The molecule has 32 heavy (non-hydrogen) atoms. The Morgan fingerprint density at radius 2 is 1.84 bits per heavy atom. The monoisotopic (exact) mass is 432 g/mol. The van der Waals surface area contributed by atoms with E-state index in [1.807, 2.05) is 28.9 Å². The number of anilines is 1. The predicted octanol–water partition coefficient (Wildman–Crippen LogP) is 5.14. The van der Waals surface area contributed by atoms with Gasteiger partial charge < -0.3 is 15.4 Å². The molecular weight excluding hydrogens is 400 g/mol. The van der Waals surface area contributed by atoms with Gasteiger partial charge in [0.25, 0.3) is 5.91 Å². The van der Waals surface area contributed by atoms with Crippen molar-refractivity contribution in [3.8, 4) is 5.75 Å². The molecule has 1 aliphatic rings. The zero-order chi connectivity index (χ0) is 22.7. The van der Waals surface area contributed by atoms with Crippen molar-refractivity contribution in [3.63, 3.8) is 0 Å². The van der Waals surface area contributed by atoms with Gasteiger partial charge in [-0.3, -0.25) is 4.79 Å². The van der Waals surface area contributed by atoms with Gasteiger partial charge in [0.05, 0.1) is 25.4 Å². The summed E-state index contributed by atoms with van der Waals surface area (Å²) in [7, 11) is 1.64. The molecule has 1 aliphatic heterocycles. The van der Waals surface area contributed by atoms with Crippen LogP contribution in [0.4, 0.5) is 5.82 Å². The van der Waals surface area contributed by atoms with Crippen molar-refractivity contribution in [2.45, 2.75) is 52.2 Å². The molecule has 0 saturated carbocycles. The molecule has 1 amide bonds. The third kappa shape index (κ3) is 4.49. The van der Waals surface area contributed by atoms with Crippen LogP contribution in [0.25, 0.3) is 0 Å². The van der Waals surface area contributed by atoms with E-state index in [2.05, 4.69) is 60.8 Å². The summed E-state index contributed by atoms with van der Waals surface area (Å²) in [5, 5.41) is 11.2. The first-order chi connectivity index (χ1) is 15.5. The van der Waals surface area contributed by atoms with Crippen LogP contribution in [0.2, 0.25) is 0 Å². The van der Waals surface area contributed by atoms with Gasteiger partial charge >= 0.3 is 0 Å². The summed E-state index contributed by atoms with van der Waals surface area (Å²) < 4.78 is 7.19. The SMILES string of the molecule is CCc1ccc([C@@H]2C[C@H](C(C)C)n3ncc(C(=O)NCc4ccc(OC)cc4)c3N2)cc1. The highest BCUT2D eigenvalue weighted by Crippen LogP contribution is 2.39. The summed E-state index contributed by atoms with van der Waals surface area (Å²) in [6.07, 6.45) is 3.65. The first-order valence-electron chi connectivity index (χ1n) is 11.3. The third-order valence-corrected chi connectivity index (χ3v) is 6.31. The number of amides is 1. The van der Waals surface area contributed by atoms with Crippen molar-refractivity contribution >= 4 is 11.7 Å². The highest BCUT2D eigenvalue weighted by atomic mass is 16.5. The van der Waals surface area contributed by atoms with Gasteiger partial charge in [-0.05, 0) is 47.6 Å². The second-order valence-corrected chi connectivity index (χ2v) is 8.72. The highest BCUT2D eigenvalue weighted by Gasteiger charge is 2.33. The van der Waals surface area contributed by atoms with Crippen molar-refractivity contribution in [2.75, 3.05) is 12.4 Å².